The molecule has 3 aromatic carbocycles. The molecule has 0 radical (unpaired) electrons. The maximum Gasteiger partial charge on any atom is 0.267 e. The fourth-order valence-electron chi connectivity index (χ4n) is 2.87. The quantitative estimate of drug-likeness (QED) is 0.580. The Hall–Kier alpha value is -3.73. The minimum atomic E-state index is -0.477. The molecule has 152 valence electrons. The van der Waals surface area contributed by atoms with Crippen molar-refractivity contribution in [3.63, 3.8) is 0 Å². The highest BCUT2D eigenvalue weighted by atomic mass is 19.1. The molecule has 0 unspecified atom stereocenters. The number of amides is 2. The third-order valence-corrected chi connectivity index (χ3v) is 4.55. The van der Waals surface area contributed by atoms with Crippen LogP contribution in [-0.2, 0) is 11.2 Å². The minimum absolute atomic E-state index is 0.0151. The van der Waals surface area contributed by atoms with Gasteiger partial charge in [0, 0.05) is 17.7 Å². The van der Waals surface area contributed by atoms with Crippen LogP contribution in [0.4, 0.5) is 4.39 Å². The fraction of sp³-hybridized carbons (Fsp3) is 0.120. The van der Waals surface area contributed by atoms with Crippen molar-refractivity contribution in [3.8, 4) is 0 Å². The highest BCUT2D eigenvalue weighted by Crippen LogP contribution is 2.12. The Bertz CT molecular complexity index is 1040. The van der Waals surface area contributed by atoms with Crippen LogP contribution < -0.4 is 10.6 Å². The van der Waals surface area contributed by atoms with Gasteiger partial charge >= 0.3 is 0 Å². The summed E-state index contributed by atoms with van der Waals surface area (Å²) in [6.45, 7) is 2.31. The summed E-state index contributed by atoms with van der Waals surface area (Å²) in [6.07, 6.45) is 1.99. The number of hydrogen-bond acceptors (Lipinski definition) is 2. The molecule has 0 atom stereocenters. The molecule has 0 heterocycles. The predicted octanol–water partition coefficient (Wildman–Crippen LogP) is 4.26. The van der Waals surface area contributed by atoms with E-state index in [1.807, 2.05) is 49.4 Å². The first-order chi connectivity index (χ1) is 14.5. The number of aryl methyl sites for hydroxylation is 1. The topological polar surface area (TPSA) is 58.2 Å². The standard InChI is InChI=1S/C25H23FN2O2/c1-18-11-13-20(14-12-18)24(29)28-23(17-21-9-5-6-10-22(21)26)25(30)27-16-15-19-7-3-2-4-8-19/h2-14,17H,15-16H2,1H3,(H,27,30)(H,28,29). The summed E-state index contributed by atoms with van der Waals surface area (Å²) in [6, 6.07) is 22.8. The minimum Gasteiger partial charge on any atom is -0.350 e. The number of carbonyl (C=O) groups excluding carboxylic acids is 2. The Morgan fingerprint density at radius 3 is 2.27 bits per heavy atom. The fourth-order valence-corrected chi connectivity index (χ4v) is 2.87. The zero-order valence-corrected chi connectivity index (χ0v) is 16.7. The van der Waals surface area contributed by atoms with Gasteiger partial charge in [-0.2, -0.15) is 0 Å². The number of benzene rings is 3. The second kappa shape index (κ2) is 10.2. The van der Waals surface area contributed by atoms with E-state index in [1.165, 1.54) is 12.1 Å². The summed E-state index contributed by atoms with van der Waals surface area (Å²) in [7, 11) is 0. The van der Waals surface area contributed by atoms with Gasteiger partial charge in [0.05, 0.1) is 0 Å². The van der Waals surface area contributed by atoms with Crippen molar-refractivity contribution in [3.05, 3.63) is 113 Å². The maximum absolute atomic E-state index is 14.1. The lowest BCUT2D eigenvalue weighted by molar-refractivity contribution is -0.117. The van der Waals surface area contributed by atoms with Crippen molar-refractivity contribution in [1.82, 2.24) is 10.6 Å². The van der Waals surface area contributed by atoms with Gasteiger partial charge in [-0.3, -0.25) is 9.59 Å². The Morgan fingerprint density at radius 1 is 0.900 bits per heavy atom. The molecule has 0 aliphatic heterocycles. The normalized spacial score (nSPS) is 11.1. The molecule has 0 bridgehead atoms. The van der Waals surface area contributed by atoms with E-state index in [4.69, 9.17) is 0 Å². The van der Waals surface area contributed by atoms with Crippen LogP contribution in [0.25, 0.3) is 6.08 Å². The smallest absolute Gasteiger partial charge is 0.267 e. The zero-order valence-electron chi connectivity index (χ0n) is 16.7. The Morgan fingerprint density at radius 2 is 1.57 bits per heavy atom. The van der Waals surface area contributed by atoms with E-state index in [2.05, 4.69) is 10.6 Å². The van der Waals surface area contributed by atoms with Crippen LogP contribution in [0.2, 0.25) is 0 Å². The highest BCUT2D eigenvalue weighted by Gasteiger charge is 2.15. The van der Waals surface area contributed by atoms with E-state index in [-0.39, 0.29) is 11.3 Å². The van der Waals surface area contributed by atoms with Crippen molar-refractivity contribution >= 4 is 17.9 Å². The summed E-state index contributed by atoms with van der Waals surface area (Å²) < 4.78 is 14.1. The lowest BCUT2D eigenvalue weighted by Crippen LogP contribution is -2.35. The number of rotatable bonds is 7. The lowest BCUT2D eigenvalue weighted by atomic mass is 10.1. The van der Waals surface area contributed by atoms with Gasteiger partial charge < -0.3 is 10.6 Å². The molecule has 3 aromatic rings. The SMILES string of the molecule is Cc1ccc(C(=O)NC(=Cc2ccccc2F)C(=O)NCCc2ccccc2)cc1. The second-order valence-electron chi connectivity index (χ2n) is 6.89. The van der Waals surface area contributed by atoms with E-state index in [9.17, 15) is 14.0 Å². The molecule has 0 saturated carbocycles. The third-order valence-electron chi connectivity index (χ3n) is 4.55. The van der Waals surface area contributed by atoms with Gasteiger partial charge in [0.25, 0.3) is 11.8 Å². The average Bonchev–Trinajstić information content (AvgIpc) is 2.76. The summed E-state index contributed by atoms with van der Waals surface area (Å²) in [4.78, 5) is 25.4. The molecule has 2 N–H and O–H groups in total. The first-order valence-corrected chi connectivity index (χ1v) is 9.69. The number of hydrogen-bond donors (Lipinski definition) is 2. The van der Waals surface area contributed by atoms with Gasteiger partial charge in [-0.25, -0.2) is 4.39 Å². The van der Waals surface area contributed by atoms with E-state index in [0.717, 1.165) is 11.1 Å². The van der Waals surface area contributed by atoms with Crippen molar-refractivity contribution < 1.29 is 14.0 Å². The van der Waals surface area contributed by atoms with Gasteiger partial charge in [0.15, 0.2) is 0 Å². The summed E-state index contributed by atoms with van der Waals surface area (Å²) in [5, 5.41) is 5.41. The first-order valence-electron chi connectivity index (χ1n) is 9.69. The molecular weight excluding hydrogens is 379 g/mol. The van der Waals surface area contributed by atoms with Crippen molar-refractivity contribution in [1.29, 1.82) is 0 Å². The molecule has 3 rings (SSSR count). The molecule has 0 spiro atoms. The first kappa shape index (κ1) is 21.0. The lowest BCUT2D eigenvalue weighted by Gasteiger charge is -2.12. The van der Waals surface area contributed by atoms with Gasteiger partial charge in [-0.15, -0.1) is 0 Å². The van der Waals surface area contributed by atoms with Gasteiger partial charge in [-0.1, -0.05) is 66.2 Å². The molecule has 0 aliphatic carbocycles. The Balaban J connectivity index is 1.76. The predicted molar refractivity (Wildman–Crippen MR) is 116 cm³/mol. The van der Waals surface area contributed by atoms with Crippen LogP contribution in [-0.4, -0.2) is 18.4 Å². The van der Waals surface area contributed by atoms with Crippen molar-refractivity contribution in [2.24, 2.45) is 0 Å². The molecule has 2 amide bonds. The van der Waals surface area contributed by atoms with Crippen LogP contribution in [0.15, 0.2) is 84.6 Å². The molecular formula is C25H23FN2O2. The molecule has 0 aromatic heterocycles. The summed E-state index contributed by atoms with van der Waals surface area (Å²) in [5.74, 6) is -1.39. The van der Waals surface area contributed by atoms with E-state index < -0.39 is 17.6 Å². The maximum atomic E-state index is 14.1. The molecule has 0 saturated heterocycles. The van der Waals surface area contributed by atoms with Gasteiger partial charge in [0.1, 0.15) is 11.5 Å². The van der Waals surface area contributed by atoms with Crippen molar-refractivity contribution in [2.75, 3.05) is 6.54 Å². The van der Waals surface area contributed by atoms with Crippen LogP contribution >= 0.6 is 0 Å². The Labute approximate surface area is 175 Å². The molecule has 5 heteroatoms. The zero-order chi connectivity index (χ0) is 21.3. The number of carbonyl (C=O) groups is 2. The number of halogens is 1. The van der Waals surface area contributed by atoms with Crippen LogP contribution in [0, 0.1) is 12.7 Å². The summed E-state index contributed by atoms with van der Waals surface area (Å²) >= 11 is 0. The third kappa shape index (κ3) is 5.88. The Kier molecular flexibility index (Phi) is 7.11. The largest absolute Gasteiger partial charge is 0.350 e. The van der Waals surface area contributed by atoms with Gasteiger partial charge in [-0.05, 0) is 43.2 Å². The molecule has 0 aliphatic rings. The van der Waals surface area contributed by atoms with E-state index >= 15 is 0 Å². The van der Waals surface area contributed by atoms with E-state index in [1.54, 1.807) is 30.3 Å². The average molecular weight is 402 g/mol. The van der Waals surface area contributed by atoms with Crippen LogP contribution in [0.1, 0.15) is 27.0 Å². The van der Waals surface area contributed by atoms with Crippen LogP contribution in [0.5, 0.6) is 0 Å². The molecule has 0 fully saturated rings. The van der Waals surface area contributed by atoms with Crippen LogP contribution in [0.3, 0.4) is 0 Å². The van der Waals surface area contributed by atoms with Crippen molar-refractivity contribution in [2.45, 2.75) is 13.3 Å². The highest BCUT2D eigenvalue weighted by molar-refractivity contribution is 6.05. The molecule has 30 heavy (non-hydrogen) atoms. The number of nitrogens with one attached hydrogen (secondary N) is 2. The van der Waals surface area contributed by atoms with E-state index in [0.29, 0.717) is 18.5 Å². The molecule has 4 nitrogen and oxygen atoms in total. The summed E-state index contributed by atoms with van der Waals surface area (Å²) in [5.41, 5.74) is 2.72. The monoisotopic (exact) mass is 402 g/mol. The van der Waals surface area contributed by atoms with Gasteiger partial charge in [0.2, 0.25) is 0 Å². The second-order valence-corrected chi connectivity index (χ2v) is 6.89.